The smallest absolute Gasteiger partial charge is 0.394 e. The third-order valence-electron chi connectivity index (χ3n) is 4.21. The van der Waals surface area contributed by atoms with Crippen LogP contribution in [-0.4, -0.2) is 120 Å². The molecule has 1 unspecified atom stereocenters. The fraction of sp³-hybridized carbons (Fsp3) is 1.00. The Bertz CT molecular complexity index is 528. The maximum atomic E-state index is 10.8. The Morgan fingerprint density at radius 1 is 0.815 bits per heavy atom. The van der Waals surface area contributed by atoms with Crippen LogP contribution in [0.25, 0.3) is 0 Å². The summed E-state index contributed by atoms with van der Waals surface area (Å²) in [5, 5.41) is 68.4. The van der Waals surface area contributed by atoms with Crippen molar-refractivity contribution >= 4 is 7.82 Å². The fourth-order valence-electron chi connectivity index (χ4n) is 2.71. The van der Waals surface area contributed by atoms with Gasteiger partial charge in [-0.25, -0.2) is 4.57 Å². The van der Waals surface area contributed by atoms with E-state index in [1.165, 1.54) is 0 Å². The molecule has 2 heterocycles. The molecule has 0 amide bonds. The average molecular weight is 422 g/mol. The highest BCUT2D eigenvalue weighted by Gasteiger charge is 2.50. The van der Waals surface area contributed by atoms with E-state index in [1.54, 1.807) is 0 Å². The number of hydrogen-bond donors (Lipinski definition) is 9. The predicted octanol–water partition coefficient (Wildman–Crippen LogP) is -5.28. The second-order valence-corrected chi connectivity index (χ2v) is 7.37. The molecule has 15 heteroatoms. The number of rotatable bonds is 6. The summed E-state index contributed by atoms with van der Waals surface area (Å²) in [6, 6.07) is 0. The maximum absolute atomic E-state index is 10.8. The molecule has 0 saturated carbocycles. The zero-order chi connectivity index (χ0) is 20.5. The van der Waals surface area contributed by atoms with Gasteiger partial charge in [-0.2, -0.15) is 0 Å². The molecule has 2 fully saturated rings. The van der Waals surface area contributed by atoms with Crippen molar-refractivity contribution in [2.45, 2.75) is 61.4 Å². The van der Waals surface area contributed by atoms with Crippen molar-refractivity contribution in [2.24, 2.45) is 0 Å². The first-order valence-electron chi connectivity index (χ1n) is 7.82. The lowest BCUT2D eigenvalue weighted by molar-refractivity contribution is -0.361. The topological polar surface area (TPSA) is 236 Å². The van der Waals surface area contributed by atoms with Gasteiger partial charge in [0.2, 0.25) is 0 Å². The molecule has 0 aliphatic carbocycles. The van der Waals surface area contributed by atoms with E-state index in [9.17, 15) is 35.2 Å². The Labute approximate surface area is 152 Å². The summed E-state index contributed by atoms with van der Waals surface area (Å²) in [5.41, 5.74) is 0. The van der Waals surface area contributed by atoms with Crippen LogP contribution in [0.3, 0.4) is 0 Å². The quantitative estimate of drug-likeness (QED) is 0.182. The van der Waals surface area contributed by atoms with Crippen LogP contribution in [0.2, 0.25) is 0 Å². The van der Waals surface area contributed by atoms with Gasteiger partial charge in [-0.1, -0.05) is 0 Å². The summed E-state index contributed by atoms with van der Waals surface area (Å²) >= 11 is 0. The summed E-state index contributed by atoms with van der Waals surface area (Å²) in [6.07, 6.45) is -17.2. The molecule has 2 saturated heterocycles. The van der Waals surface area contributed by atoms with Crippen molar-refractivity contribution in [3.05, 3.63) is 0 Å². The van der Waals surface area contributed by atoms with Crippen molar-refractivity contribution in [2.75, 3.05) is 13.2 Å². The Kier molecular flexibility index (Phi) is 7.68. The molecule has 2 rings (SSSR count). The SMILES string of the molecule is O=P(O)(O)OC[C@H]1O[C@H](O[C@H]2C(O)O[C@H](CO)[C@@H](O)[C@@H]2O)[C@H](O)[C@@H](O)[C@@H]1O. The molecule has 0 radical (unpaired) electrons. The molecule has 2 aliphatic heterocycles. The minimum Gasteiger partial charge on any atom is -0.394 e. The first kappa shape index (κ1) is 23.0. The van der Waals surface area contributed by atoms with Crippen molar-refractivity contribution < 1.29 is 68.8 Å². The van der Waals surface area contributed by atoms with E-state index in [-0.39, 0.29) is 0 Å². The minimum atomic E-state index is -4.92. The van der Waals surface area contributed by atoms with E-state index in [2.05, 4.69) is 4.52 Å². The van der Waals surface area contributed by atoms with E-state index < -0.39 is 82.4 Å². The Morgan fingerprint density at radius 2 is 1.41 bits per heavy atom. The van der Waals surface area contributed by atoms with Gasteiger partial charge in [-0.3, -0.25) is 4.52 Å². The molecule has 160 valence electrons. The van der Waals surface area contributed by atoms with Gasteiger partial charge in [-0.05, 0) is 0 Å². The van der Waals surface area contributed by atoms with Crippen LogP contribution in [0.15, 0.2) is 0 Å². The summed E-state index contributed by atoms with van der Waals surface area (Å²) in [5.74, 6) is 0. The lowest BCUT2D eigenvalue weighted by atomic mass is 9.97. The number of phosphoric acid groups is 1. The van der Waals surface area contributed by atoms with Crippen LogP contribution in [0.4, 0.5) is 0 Å². The normalized spacial score (nSPS) is 46.4. The largest absolute Gasteiger partial charge is 0.469 e. The van der Waals surface area contributed by atoms with Gasteiger partial charge in [0.05, 0.1) is 13.2 Å². The van der Waals surface area contributed by atoms with Gasteiger partial charge in [0.25, 0.3) is 0 Å². The van der Waals surface area contributed by atoms with Gasteiger partial charge in [0.15, 0.2) is 12.6 Å². The van der Waals surface area contributed by atoms with Gasteiger partial charge in [-0.15, -0.1) is 0 Å². The third kappa shape index (κ3) is 5.41. The third-order valence-corrected chi connectivity index (χ3v) is 4.69. The molecule has 0 aromatic carbocycles. The van der Waals surface area contributed by atoms with E-state index in [1.807, 2.05) is 0 Å². The van der Waals surface area contributed by atoms with E-state index in [0.717, 1.165) is 0 Å². The van der Waals surface area contributed by atoms with Crippen molar-refractivity contribution in [3.63, 3.8) is 0 Å². The summed E-state index contributed by atoms with van der Waals surface area (Å²) in [6.45, 7) is -1.59. The highest BCUT2D eigenvalue weighted by molar-refractivity contribution is 7.46. The van der Waals surface area contributed by atoms with Gasteiger partial charge < -0.3 is 59.7 Å². The van der Waals surface area contributed by atoms with Crippen molar-refractivity contribution in [3.8, 4) is 0 Å². The number of aliphatic hydroxyl groups is 7. The van der Waals surface area contributed by atoms with E-state index >= 15 is 0 Å². The Hall–Kier alpha value is -0.290. The molecule has 10 atom stereocenters. The first-order chi connectivity index (χ1) is 12.5. The van der Waals surface area contributed by atoms with Gasteiger partial charge in [0.1, 0.15) is 48.8 Å². The molecule has 0 aromatic rings. The zero-order valence-electron chi connectivity index (χ0n) is 13.7. The number of ether oxygens (including phenoxy) is 3. The summed E-state index contributed by atoms with van der Waals surface area (Å²) in [7, 11) is -4.92. The lowest BCUT2D eigenvalue weighted by Crippen LogP contribution is -2.64. The summed E-state index contributed by atoms with van der Waals surface area (Å²) in [4.78, 5) is 17.4. The zero-order valence-corrected chi connectivity index (χ0v) is 14.6. The molecule has 0 bridgehead atoms. The van der Waals surface area contributed by atoms with Crippen LogP contribution in [0.1, 0.15) is 0 Å². The van der Waals surface area contributed by atoms with Gasteiger partial charge in [0, 0.05) is 0 Å². The molecule has 2 aliphatic rings. The summed E-state index contributed by atoms with van der Waals surface area (Å²) < 4.78 is 30.1. The Balaban J connectivity index is 2.08. The standard InChI is InChI=1S/C12H23O14P/c13-1-3-5(14)8(17)10(11(19)24-3)26-12-9(18)7(16)6(15)4(25-12)2-23-27(20,21)22/h3-19H,1-2H2,(H2,20,21,22)/t3-,4-,5-,6-,7+,8+,9-,10-,11?,12-/m1/s1. The average Bonchev–Trinajstić information content (AvgIpc) is 2.59. The molecule has 14 nitrogen and oxygen atoms in total. The highest BCUT2D eigenvalue weighted by Crippen LogP contribution is 2.37. The van der Waals surface area contributed by atoms with E-state index in [0.29, 0.717) is 0 Å². The lowest BCUT2D eigenvalue weighted by Gasteiger charge is -2.45. The second-order valence-electron chi connectivity index (χ2n) is 6.13. The maximum Gasteiger partial charge on any atom is 0.469 e. The predicted molar refractivity (Wildman–Crippen MR) is 79.5 cm³/mol. The second kappa shape index (κ2) is 9.02. The number of aliphatic hydroxyl groups excluding tert-OH is 7. The minimum absolute atomic E-state index is 0.711. The Morgan fingerprint density at radius 3 is 1.96 bits per heavy atom. The van der Waals surface area contributed by atoms with E-state index in [4.69, 9.17) is 29.1 Å². The first-order valence-corrected chi connectivity index (χ1v) is 9.35. The molecular formula is C12H23O14P. The van der Waals surface area contributed by atoms with Crippen molar-refractivity contribution in [1.29, 1.82) is 0 Å². The molecular weight excluding hydrogens is 399 g/mol. The molecule has 9 N–H and O–H groups in total. The van der Waals surface area contributed by atoms with Crippen LogP contribution in [0.5, 0.6) is 0 Å². The monoisotopic (exact) mass is 422 g/mol. The highest BCUT2D eigenvalue weighted by atomic mass is 31.2. The molecule has 0 aromatic heterocycles. The van der Waals surface area contributed by atoms with Crippen LogP contribution in [-0.2, 0) is 23.3 Å². The molecule has 27 heavy (non-hydrogen) atoms. The van der Waals surface area contributed by atoms with Crippen LogP contribution < -0.4 is 0 Å². The van der Waals surface area contributed by atoms with Crippen LogP contribution >= 0.6 is 7.82 Å². The fourth-order valence-corrected chi connectivity index (χ4v) is 3.05. The number of hydrogen-bond acceptors (Lipinski definition) is 12. The van der Waals surface area contributed by atoms with Gasteiger partial charge >= 0.3 is 7.82 Å². The van der Waals surface area contributed by atoms with Crippen LogP contribution in [0, 0.1) is 0 Å². The number of phosphoric ester groups is 1. The van der Waals surface area contributed by atoms with Crippen molar-refractivity contribution in [1.82, 2.24) is 0 Å². The molecule has 0 spiro atoms.